The quantitative estimate of drug-likeness (QED) is 0.386. The second-order valence-electron chi connectivity index (χ2n) is 7.09. The van der Waals surface area contributed by atoms with Crippen LogP contribution in [0.15, 0.2) is 41.3 Å². The summed E-state index contributed by atoms with van der Waals surface area (Å²) in [5.74, 6) is -3.29. The van der Waals surface area contributed by atoms with Crippen molar-refractivity contribution in [1.82, 2.24) is 4.72 Å². The SMILES string of the molecule is CC(C)[C@@H](NS(=O)(=O)c1ccccc1F)C(=O)O[C@@H](C)C(=O)Nc1cc(Cl)c(Cl)cc1Cl. The van der Waals surface area contributed by atoms with Crippen LogP contribution in [0.5, 0.6) is 0 Å². The number of halogens is 4. The van der Waals surface area contributed by atoms with Gasteiger partial charge < -0.3 is 10.1 Å². The maximum absolute atomic E-state index is 13.9. The molecule has 0 spiro atoms. The molecular formula is C20H20Cl3FN2O5S. The van der Waals surface area contributed by atoms with Crippen LogP contribution >= 0.6 is 34.8 Å². The minimum absolute atomic E-state index is 0.115. The van der Waals surface area contributed by atoms with Gasteiger partial charge >= 0.3 is 5.97 Å². The van der Waals surface area contributed by atoms with E-state index in [2.05, 4.69) is 10.0 Å². The molecular weight excluding hydrogens is 506 g/mol. The molecule has 0 saturated carbocycles. The van der Waals surface area contributed by atoms with Gasteiger partial charge in [0.25, 0.3) is 5.91 Å². The van der Waals surface area contributed by atoms with Crippen molar-refractivity contribution >= 4 is 62.4 Å². The molecule has 0 radical (unpaired) electrons. The zero-order chi connectivity index (χ0) is 24.2. The van der Waals surface area contributed by atoms with E-state index in [-0.39, 0.29) is 20.8 Å². The van der Waals surface area contributed by atoms with Crippen molar-refractivity contribution in [3.05, 3.63) is 57.3 Å². The Bertz CT molecular complexity index is 1130. The third-order valence-corrected chi connectivity index (χ3v) is 6.77. The van der Waals surface area contributed by atoms with Crippen molar-refractivity contribution in [2.24, 2.45) is 5.92 Å². The fraction of sp³-hybridized carbons (Fsp3) is 0.300. The van der Waals surface area contributed by atoms with Crippen molar-refractivity contribution in [2.75, 3.05) is 5.32 Å². The Morgan fingerprint density at radius 2 is 1.59 bits per heavy atom. The maximum atomic E-state index is 13.9. The molecule has 0 fully saturated rings. The number of amides is 1. The molecule has 0 aromatic heterocycles. The number of hydrogen-bond acceptors (Lipinski definition) is 5. The molecule has 0 aliphatic heterocycles. The fourth-order valence-electron chi connectivity index (χ4n) is 2.50. The molecule has 7 nitrogen and oxygen atoms in total. The lowest BCUT2D eigenvalue weighted by Gasteiger charge is -2.23. The summed E-state index contributed by atoms with van der Waals surface area (Å²) in [6.45, 7) is 4.42. The van der Waals surface area contributed by atoms with Crippen LogP contribution in [0.25, 0.3) is 0 Å². The first kappa shape index (κ1) is 26.3. The molecule has 32 heavy (non-hydrogen) atoms. The number of nitrogens with one attached hydrogen (secondary N) is 2. The number of carbonyl (C=O) groups is 2. The molecule has 2 aromatic rings. The summed E-state index contributed by atoms with van der Waals surface area (Å²) >= 11 is 17.8. The van der Waals surface area contributed by atoms with E-state index >= 15 is 0 Å². The highest BCUT2D eigenvalue weighted by molar-refractivity contribution is 7.89. The topological polar surface area (TPSA) is 102 Å². The molecule has 174 valence electrons. The summed E-state index contributed by atoms with van der Waals surface area (Å²) in [6, 6.07) is 6.03. The third kappa shape index (κ3) is 6.55. The van der Waals surface area contributed by atoms with Gasteiger partial charge in [0.15, 0.2) is 6.10 Å². The number of benzene rings is 2. The summed E-state index contributed by atoms with van der Waals surface area (Å²) in [4.78, 5) is 24.4. The van der Waals surface area contributed by atoms with E-state index in [0.29, 0.717) is 0 Å². The average molecular weight is 526 g/mol. The number of rotatable bonds is 8. The van der Waals surface area contributed by atoms with Gasteiger partial charge in [0, 0.05) is 0 Å². The third-order valence-electron chi connectivity index (χ3n) is 4.26. The van der Waals surface area contributed by atoms with Gasteiger partial charge in [0.2, 0.25) is 10.0 Å². The summed E-state index contributed by atoms with van der Waals surface area (Å²) in [7, 11) is -4.37. The van der Waals surface area contributed by atoms with Gasteiger partial charge in [0.1, 0.15) is 16.8 Å². The number of hydrogen-bond donors (Lipinski definition) is 2. The second-order valence-corrected chi connectivity index (χ2v) is 9.99. The van der Waals surface area contributed by atoms with Crippen molar-refractivity contribution < 1.29 is 27.1 Å². The Labute approximate surface area is 200 Å². The van der Waals surface area contributed by atoms with E-state index in [1.54, 1.807) is 13.8 Å². The lowest BCUT2D eigenvalue weighted by molar-refractivity contribution is -0.155. The molecule has 2 N–H and O–H groups in total. The molecule has 0 aliphatic carbocycles. The van der Waals surface area contributed by atoms with Crippen LogP contribution in [0.4, 0.5) is 10.1 Å². The van der Waals surface area contributed by atoms with Gasteiger partial charge in [-0.2, -0.15) is 4.72 Å². The van der Waals surface area contributed by atoms with Crippen LogP contribution in [0.3, 0.4) is 0 Å². The first-order chi connectivity index (χ1) is 14.8. The number of sulfonamides is 1. The van der Waals surface area contributed by atoms with Crippen LogP contribution in [-0.4, -0.2) is 32.4 Å². The number of carbonyl (C=O) groups excluding carboxylic acids is 2. The molecule has 0 heterocycles. The van der Waals surface area contributed by atoms with Crippen LogP contribution in [0, 0.1) is 11.7 Å². The van der Waals surface area contributed by atoms with E-state index in [0.717, 1.165) is 12.1 Å². The molecule has 0 saturated heterocycles. The molecule has 0 bridgehead atoms. The minimum Gasteiger partial charge on any atom is -0.451 e. The highest BCUT2D eigenvalue weighted by Gasteiger charge is 2.33. The van der Waals surface area contributed by atoms with E-state index < -0.39 is 50.7 Å². The lowest BCUT2D eigenvalue weighted by atomic mass is 10.1. The highest BCUT2D eigenvalue weighted by atomic mass is 35.5. The molecule has 12 heteroatoms. The molecule has 0 aliphatic rings. The van der Waals surface area contributed by atoms with E-state index in [1.807, 2.05) is 0 Å². The Morgan fingerprint density at radius 1 is 1.00 bits per heavy atom. The summed E-state index contributed by atoms with van der Waals surface area (Å²) in [5.41, 5.74) is 0.148. The Kier molecular flexibility index (Phi) is 8.90. The highest BCUT2D eigenvalue weighted by Crippen LogP contribution is 2.32. The Balaban J connectivity index is 2.13. The molecule has 2 aromatic carbocycles. The predicted octanol–water partition coefficient (Wildman–Crippen LogP) is 4.66. The minimum atomic E-state index is -4.37. The average Bonchev–Trinajstić information content (AvgIpc) is 2.70. The van der Waals surface area contributed by atoms with Crippen molar-refractivity contribution in [1.29, 1.82) is 0 Å². The first-order valence-electron chi connectivity index (χ1n) is 9.26. The van der Waals surface area contributed by atoms with Crippen LogP contribution in [0.1, 0.15) is 20.8 Å². The monoisotopic (exact) mass is 524 g/mol. The normalized spacial score (nSPS) is 13.5. The van der Waals surface area contributed by atoms with Gasteiger partial charge in [-0.05, 0) is 37.1 Å². The van der Waals surface area contributed by atoms with Crippen molar-refractivity contribution in [3.8, 4) is 0 Å². The number of esters is 1. The summed E-state index contributed by atoms with van der Waals surface area (Å²) in [6.07, 6.45) is -1.31. The van der Waals surface area contributed by atoms with Gasteiger partial charge in [-0.3, -0.25) is 9.59 Å². The summed E-state index contributed by atoms with van der Waals surface area (Å²) < 4.78 is 46.3. The van der Waals surface area contributed by atoms with Gasteiger partial charge in [0.05, 0.1) is 20.8 Å². The number of ether oxygens (including phenoxy) is 1. The lowest BCUT2D eigenvalue weighted by Crippen LogP contribution is -2.47. The van der Waals surface area contributed by atoms with Crippen molar-refractivity contribution in [3.63, 3.8) is 0 Å². The van der Waals surface area contributed by atoms with Gasteiger partial charge in [-0.1, -0.05) is 60.8 Å². The standard InChI is InChI=1S/C20H20Cl3FN2O5S/c1-10(2)18(26-32(29,30)17-7-5-4-6-15(17)24)20(28)31-11(3)19(27)25-16-9-13(22)12(21)8-14(16)23/h4-11,18,26H,1-3H3,(H,25,27)/t11-,18+/m0/s1. The van der Waals surface area contributed by atoms with E-state index in [9.17, 15) is 22.4 Å². The zero-order valence-corrected chi connectivity index (χ0v) is 20.2. The van der Waals surface area contributed by atoms with E-state index in [4.69, 9.17) is 39.5 Å². The van der Waals surface area contributed by atoms with Crippen LogP contribution in [0.2, 0.25) is 15.1 Å². The van der Waals surface area contributed by atoms with Crippen LogP contribution < -0.4 is 10.0 Å². The Hall–Kier alpha value is -1.91. The largest absolute Gasteiger partial charge is 0.451 e. The van der Waals surface area contributed by atoms with Crippen molar-refractivity contribution in [2.45, 2.75) is 37.8 Å². The smallest absolute Gasteiger partial charge is 0.325 e. The second kappa shape index (κ2) is 10.8. The van der Waals surface area contributed by atoms with Gasteiger partial charge in [-0.15, -0.1) is 0 Å². The predicted molar refractivity (Wildman–Crippen MR) is 121 cm³/mol. The van der Waals surface area contributed by atoms with E-state index in [1.165, 1.54) is 31.2 Å². The van der Waals surface area contributed by atoms with Crippen LogP contribution in [-0.2, 0) is 24.3 Å². The molecule has 1 amide bonds. The fourth-order valence-corrected chi connectivity index (χ4v) is 4.51. The van der Waals surface area contributed by atoms with Gasteiger partial charge in [-0.25, -0.2) is 12.8 Å². The molecule has 0 unspecified atom stereocenters. The zero-order valence-electron chi connectivity index (χ0n) is 17.2. The first-order valence-corrected chi connectivity index (χ1v) is 11.9. The molecule has 2 rings (SSSR count). The number of anilines is 1. The Morgan fingerprint density at radius 3 is 2.19 bits per heavy atom. The maximum Gasteiger partial charge on any atom is 0.325 e. The molecule has 2 atom stereocenters. The summed E-state index contributed by atoms with van der Waals surface area (Å²) in [5, 5.41) is 2.91.